The Morgan fingerprint density at radius 1 is 1.17 bits per heavy atom. The van der Waals surface area contributed by atoms with Crippen molar-refractivity contribution >= 4 is 28.1 Å². The van der Waals surface area contributed by atoms with Crippen molar-refractivity contribution in [1.82, 2.24) is 14.9 Å². The zero-order chi connectivity index (χ0) is 20.3. The molecular weight excluding hydrogens is 394 g/mol. The Bertz CT molecular complexity index is 1100. The lowest BCUT2D eigenvalue weighted by Gasteiger charge is -2.35. The normalized spacial score (nSPS) is 16.7. The van der Waals surface area contributed by atoms with E-state index in [-0.39, 0.29) is 11.9 Å². The molecule has 1 aliphatic rings. The smallest absolute Gasteiger partial charge is 0.254 e. The summed E-state index contributed by atoms with van der Waals surface area (Å²) in [6, 6.07) is 18.0. The van der Waals surface area contributed by atoms with Gasteiger partial charge >= 0.3 is 0 Å². The van der Waals surface area contributed by atoms with Gasteiger partial charge in [-0.2, -0.15) is 0 Å². The summed E-state index contributed by atoms with van der Waals surface area (Å²) >= 11 is 1.55. The summed E-state index contributed by atoms with van der Waals surface area (Å²) in [7, 11) is 0. The van der Waals surface area contributed by atoms with E-state index in [1.165, 1.54) is 5.39 Å². The highest BCUT2D eigenvalue weighted by Crippen LogP contribution is 2.33. The molecule has 5 rings (SSSR count). The van der Waals surface area contributed by atoms with Crippen LogP contribution in [0.25, 0.3) is 10.9 Å². The van der Waals surface area contributed by atoms with E-state index >= 15 is 0 Å². The van der Waals surface area contributed by atoms with Crippen molar-refractivity contribution in [2.24, 2.45) is 0 Å². The van der Waals surface area contributed by atoms with Gasteiger partial charge in [0.25, 0.3) is 5.91 Å². The molecule has 0 saturated carbocycles. The van der Waals surface area contributed by atoms with Gasteiger partial charge in [0.15, 0.2) is 0 Å². The highest BCUT2D eigenvalue weighted by Gasteiger charge is 2.29. The Kier molecular flexibility index (Phi) is 5.24. The highest BCUT2D eigenvalue weighted by atomic mass is 32.1. The third-order valence-electron chi connectivity index (χ3n) is 5.64. The average molecular weight is 418 g/mol. The number of ether oxygens (including phenoxy) is 1. The Hall–Kier alpha value is -3.12. The van der Waals surface area contributed by atoms with Gasteiger partial charge in [-0.15, -0.1) is 11.3 Å². The Morgan fingerprint density at radius 2 is 2.03 bits per heavy atom. The van der Waals surface area contributed by atoms with Crippen LogP contribution in [0.3, 0.4) is 0 Å². The number of hydrogen-bond donors (Lipinski definition) is 1. The van der Waals surface area contributed by atoms with Gasteiger partial charge in [0.1, 0.15) is 12.4 Å². The van der Waals surface area contributed by atoms with Crippen LogP contribution in [0.1, 0.15) is 47.1 Å². The maximum atomic E-state index is 13.3. The topological polar surface area (TPSA) is 58.2 Å². The number of benzene rings is 2. The molecule has 30 heavy (non-hydrogen) atoms. The van der Waals surface area contributed by atoms with Crippen LogP contribution in [0.4, 0.5) is 0 Å². The number of carbonyl (C=O) groups excluding carboxylic acids is 1. The second kappa shape index (κ2) is 8.32. The zero-order valence-corrected chi connectivity index (χ0v) is 17.4. The van der Waals surface area contributed by atoms with Crippen LogP contribution in [0.15, 0.2) is 65.5 Å². The van der Waals surface area contributed by atoms with Crippen molar-refractivity contribution in [3.05, 3.63) is 82.4 Å². The molecule has 6 heteroatoms. The predicted octanol–water partition coefficient (Wildman–Crippen LogP) is 5.57. The number of para-hydroxylation sites is 1. The minimum Gasteiger partial charge on any atom is -0.487 e. The number of H-pyrrole nitrogens is 1. The van der Waals surface area contributed by atoms with Crippen molar-refractivity contribution < 1.29 is 9.53 Å². The van der Waals surface area contributed by atoms with Crippen LogP contribution in [0.2, 0.25) is 0 Å². The number of carbonyl (C=O) groups is 1. The van der Waals surface area contributed by atoms with Gasteiger partial charge in [-0.05, 0) is 61.0 Å². The number of aromatic amines is 1. The number of piperidine rings is 1. The van der Waals surface area contributed by atoms with Crippen molar-refractivity contribution in [3.8, 4) is 5.75 Å². The fraction of sp³-hybridized carbons (Fsp3) is 0.250. The monoisotopic (exact) mass is 417 g/mol. The number of fused-ring (bicyclic) bond motifs is 1. The summed E-state index contributed by atoms with van der Waals surface area (Å²) in [5, 5.41) is 3.16. The first-order chi connectivity index (χ1) is 14.8. The lowest BCUT2D eigenvalue weighted by molar-refractivity contribution is 0.0607. The van der Waals surface area contributed by atoms with E-state index in [4.69, 9.17) is 4.74 Å². The molecule has 5 nitrogen and oxygen atoms in total. The first kappa shape index (κ1) is 18.9. The average Bonchev–Trinajstić information content (AvgIpc) is 3.47. The zero-order valence-electron chi connectivity index (χ0n) is 16.6. The molecule has 1 unspecified atom stereocenters. The van der Waals surface area contributed by atoms with E-state index in [9.17, 15) is 4.79 Å². The molecule has 1 amide bonds. The maximum absolute atomic E-state index is 13.3. The number of thiazole rings is 1. The lowest BCUT2D eigenvalue weighted by atomic mass is 9.98. The van der Waals surface area contributed by atoms with Crippen molar-refractivity contribution in [2.45, 2.75) is 31.9 Å². The summed E-state index contributed by atoms with van der Waals surface area (Å²) in [6.07, 6.45) is 3.15. The van der Waals surface area contributed by atoms with Crippen molar-refractivity contribution in [3.63, 3.8) is 0 Å². The first-order valence-electron chi connectivity index (χ1n) is 10.3. The van der Waals surface area contributed by atoms with Gasteiger partial charge in [-0.1, -0.05) is 18.2 Å². The molecule has 4 aromatic rings. The van der Waals surface area contributed by atoms with E-state index in [0.717, 1.165) is 48.5 Å². The summed E-state index contributed by atoms with van der Waals surface area (Å²) in [4.78, 5) is 23.1. The molecule has 0 aliphatic carbocycles. The third kappa shape index (κ3) is 3.83. The summed E-state index contributed by atoms with van der Waals surface area (Å²) in [5.41, 5.74) is 5.64. The number of hydrogen-bond acceptors (Lipinski definition) is 4. The minimum atomic E-state index is 0.0735. The molecule has 0 spiro atoms. The molecule has 0 bridgehead atoms. The van der Waals surface area contributed by atoms with Gasteiger partial charge in [0.2, 0.25) is 0 Å². The van der Waals surface area contributed by atoms with E-state index in [1.807, 2.05) is 46.7 Å². The third-order valence-corrected chi connectivity index (χ3v) is 6.28. The van der Waals surface area contributed by atoms with Crippen LogP contribution >= 0.6 is 11.3 Å². The molecular formula is C24H23N3O2S. The first-order valence-corrected chi connectivity index (χ1v) is 11.2. The number of nitrogens with zero attached hydrogens (tertiary/aromatic N) is 2. The minimum absolute atomic E-state index is 0.0735. The summed E-state index contributed by atoms with van der Waals surface area (Å²) < 4.78 is 5.77. The summed E-state index contributed by atoms with van der Waals surface area (Å²) in [5.74, 6) is 0.815. The number of likely N-dealkylation sites (tertiary alicyclic amines) is 1. The number of nitrogens with one attached hydrogen (secondary N) is 1. The fourth-order valence-corrected chi connectivity index (χ4v) is 4.64. The van der Waals surface area contributed by atoms with E-state index in [2.05, 4.69) is 28.2 Å². The SMILES string of the molecule is O=C(c1ccc(OCc2cscn2)cc1)N1CCCCC1c1cc2ccccc2[nH]1. The van der Waals surface area contributed by atoms with E-state index in [0.29, 0.717) is 12.2 Å². The number of rotatable bonds is 5. The van der Waals surface area contributed by atoms with Gasteiger partial charge < -0.3 is 14.6 Å². The Morgan fingerprint density at radius 3 is 2.83 bits per heavy atom. The largest absolute Gasteiger partial charge is 0.487 e. The van der Waals surface area contributed by atoms with Gasteiger partial charge in [0.05, 0.1) is 17.2 Å². The van der Waals surface area contributed by atoms with Gasteiger partial charge in [-0.25, -0.2) is 4.98 Å². The van der Waals surface area contributed by atoms with Crippen molar-refractivity contribution in [2.75, 3.05) is 6.54 Å². The van der Waals surface area contributed by atoms with Crippen LogP contribution < -0.4 is 4.74 Å². The maximum Gasteiger partial charge on any atom is 0.254 e. The molecule has 152 valence electrons. The second-order valence-corrected chi connectivity index (χ2v) is 8.33. The molecule has 1 aliphatic heterocycles. The molecule has 1 atom stereocenters. The lowest BCUT2D eigenvalue weighted by Crippen LogP contribution is -2.38. The Labute approximate surface area is 179 Å². The van der Waals surface area contributed by atoms with Gasteiger partial charge in [0, 0.05) is 28.7 Å². The molecule has 0 radical (unpaired) electrons. The van der Waals surface area contributed by atoms with Gasteiger partial charge in [-0.3, -0.25) is 4.79 Å². The van der Waals surface area contributed by atoms with E-state index < -0.39 is 0 Å². The predicted molar refractivity (Wildman–Crippen MR) is 119 cm³/mol. The second-order valence-electron chi connectivity index (χ2n) is 7.61. The van der Waals surface area contributed by atoms with Crippen LogP contribution in [0, 0.1) is 0 Å². The summed E-state index contributed by atoms with van der Waals surface area (Å²) in [6.45, 7) is 1.21. The quantitative estimate of drug-likeness (QED) is 0.462. The van der Waals surface area contributed by atoms with Crippen LogP contribution in [0.5, 0.6) is 5.75 Å². The number of amides is 1. The standard InChI is InChI=1S/C24H23N3O2S/c28-24(17-8-10-20(11-9-17)29-14-19-15-30-16-25-19)27-12-4-3-7-23(27)22-13-18-5-1-2-6-21(18)26-22/h1-2,5-6,8-11,13,15-16,23,26H,3-4,7,12,14H2. The fourth-order valence-electron chi connectivity index (χ4n) is 4.10. The van der Waals surface area contributed by atoms with E-state index in [1.54, 1.807) is 16.8 Å². The molecule has 1 saturated heterocycles. The van der Waals surface area contributed by atoms with Crippen molar-refractivity contribution in [1.29, 1.82) is 0 Å². The number of aromatic nitrogens is 2. The molecule has 2 aromatic heterocycles. The highest BCUT2D eigenvalue weighted by molar-refractivity contribution is 7.07. The van der Waals surface area contributed by atoms with Crippen LogP contribution in [-0.4, -0.2) is 27.3 Å². The molecule has 1 fully saturated rings. The Balaban J connectivity index is 1.33. The molecule has 3 heterocycles. The molecule has 1 N–H and O–H groups in total. The molecule has 2 aromatic carbocycles. The van der Waals surface area contributed by atoms with Crippen LogP contribution in [-0.2, 0) is 6.61 Å².